The molecule has 0 bridgehead atoms. The van der Waals surface area contributed by atoms with Gasteiger partial charge in [0.25, 0.3) is 5.91 Å². The summed E-state index contributed by atoms with van der Waals surface area (Å²) in [5.41, 5.74) is 5.86. The van der Waals surface area contributed by atoms with Gasteiger partial charge in [-0.1, -0.05) is 60.3 Å². The number of rotatable bonds is 7. The second-order valence-electron chi connectivity index (χ2n) is 9.29. The van der Waals surface area contributed by atoms with E-state index in [2.05, 4.69) is 70.5 Å². The fraction of sp³-hybridized carbons (Fsp3) is 0.423. The molecule has 1 amide bonds. The van der Waals surface area contributed by atoms with Crippen molar-refractivity contribution in [2.45, 2.75) is 31.5 Å². The fourth-order valence-corrected chi connectivity index (χ4v) is 6.27. The minimum atomic E-state index is -1.14. The molecule has 2 aliphatic rings. The van der Waals surface area contributed by atoms with Crippen LogP contribution in [0.15, 0.2) is 48.5 Å². The van der Waals surface area contributed by atoms with Crippen LogP contribution in [0.5, 0.6) is 0 Å². The standard InChI is InChI=1S/C26H35N3O3S/c1-33(2)17-11-26(12-18-33,25(30)28-31)27-19-21-3-7-23(8-4-21)24-9-5-22(6-10-24)20-29-13-15-32-16-14-29/h3-10,27,31H,1-2,11-20H2,(H,28,30). The molecule has 2 aromatic rings. The summed E-state index contributed by atoms with van der Waals surface area (Å²) in [6.45, 7) is 5.14. The van der Waals surface area contributed by atoms with E-state index in [1.54, 1.807) is 0 Å². The number of hydroxylamine groups is 1. The molecule has 0 saturated carbocycles. The molecular weight excluding hydrogens is 434 g/mol. The average molecular weight is 470 g/mol. The van der Waals surface area contributed by atoms with Crippen LogP contribution >= 0.6 is 9.21 Å². The minimum Gasteiger partial charge on any atom is -0.379 e. The van der Waals surface area contributed by atoms with Crippen LogP contribution in [0.25, 0.3) is 11.1 Å². The van der Waals surface area contributed by atoms with Crippen molar-refractivity contribution in [2.24, 2.45) is 0 Å². The number of nitrogens with one attached hydrogen (secondary N) is 2. The number of amides is 1. The molecule has 0 unspecified atom stereocenters. The van der Waals surface area contributed by atoms with Crippen LogP contribution in [0.1, 0.15) is 24.0 Å². The first-order valence-electron chi connectivity index (χ1n) is 11.5. The van der Waals surface area contributed by atoms with Crippen LogP contribution in [0.4, 0.5) is 0 Å². The van der Waals surface area contributed by atoms with Gasteiger partial charge in [-0.25, -0.2) is 14.7 Å². The van der Waals surface area contributed by atoms with E-state index in [1.165, 1.54) is 16.7 Å². The van der Waals surface area contributed by atoms with Gasteiger partial charge in [0.1, 0.15) is 5.54 Å². The van der Waals surface area contributed by atoms with Crippen molar-refractivity contribution < 1.29 is 14.7 Å². The third-order valence-electron chi connectivity index (χ3n) is 6.84. The molecule has 2 aliphatic heterocycles. The van der Waals surface area contributed by atoms with E-state index in [1.807, 2.05) is 5.48 Å². The van der Waals surface area contributed by atoms with Crippen LogP contribution in [-0.2, 0) is 22.6 Å². The molecular formula is C26H35N3O3S. The Morgan fingerprint density at radius 2 is 1.52 bits per heavy atom. The summed E-state index contributed by atoms with van der Waals surface area (Å²) in [4.78, 5) is 14.9. The summed E-state index contributed by atoms with van der Waals surface area (Å²) in [6, 6.07) is 17.2. The second kappa shape index (κ2) is 10.4. The Balaban J connectivity index is 1.37. The van der Waals surface area contributed by atoms with Gasteiger partial charge in [-0.3, -0.25) is 20.2 Å². The quantitative estimate of drug-likeness (QED) is 0.330. The molecule has 2 fully saturated rings. The van der Waals surface area contributed by atoms with Gasteiger partial charge in [0.15, 0.2) is 0 Å². The summed E-state index contributed by atoms with van der Waals surface area (Å²) in [5, 5.41) is 12.7. The number of ether oxygens (including phenoxy) is 1. The Kier molecular flexibility index (Phi) is 7.56. The normalized spacial score (nSPS) is 20.3. The molecule has 7 heteroatoms. The number of nitrogens with zero attached hydrogens (tertiary/aromatic N) is 1. The smallest absolute Gasteiger partial charge is 0.263 e. The second-order valence-corrected chi connectivity index (χ2v) is 12.6. The van der Waals surface area contributed by atoms with Crippen molar-refractivity contribution in [1.82, 2.24) is 15.7 Å². The van der Waals surface area contributed by atoms with Crippen LogP contribution in [0.2, 0.25) is 0 Å². The van der Waals surface area contributed by atoms with Crippen LogP contribution < -0.4 is 10.8 Å². The Morgan fingerprint density at radius 1 is 0.970 bits per heavy atom. The Hall–Kier alpha value is -2.16. The number of morpholine rings is 1. The molecule has 2 heterocycles. The largest absolute Gasteiger partial charge is 0.379 e. The molecule has 33 heavy (non-hydrogen) atoms. The van der Waals surface area contributed by atoms with Crippen molar-refractivity contribution in [3.8, 4) is 11.1 Å². The van der Waals surface area contributed by atoms with E-state index in [-0.39, 0.29) is 5.91 Å². The first-order chi connectivity index (χ1) is 15.9. The van der Waals surface area contributed by atoms with Crippen molar-refractivity contribution in [3.63, 3.8) is 0 Å². The first-order valence-corrected chi connectivity index (χ1v) is 13.8. The van der Waals surface area contributed by atoms with Gasteiger partial charge >= 0.3 is 0 Å². The van der Waals surface area contributed by atoms with Crippen molar-refractivity contribution >= 4 is 26.9 Å². The molecule has 0 radical (unpaired) electrons. The van der Waals surface area contributed by atoms with Crippen molar-refractivity contribution in [1.29, 1.82) is 0 Å². The van der Waals surface area contributed by atoms with Crippen LogP contribution in [0, 0.1) is 0 Å². The third kappa shape index (κ3) is 6.05. The zero-order valence-electron chi connectivity index (χ0n) is 19.2. The highest BCUT2D eigenvalue weighted by Crippen LogP contribution is 2.35. The number of hydrogen-bond acceptors (Lipinski definition) is 5. The molecule has 0 spiro atoms. The van der Waals surface area contributed by atoms with Gasteiger partial charge in [0.2, 0.25) is 0 Å². The lowest BCUT2D eigenvalue weighted by Crippen LogP contribution is -2.58. The maximum Gasteiger partial charge on any atom is 0.263 e. The van der Waals surface area contributed by atoms with E-state index >= 15 is 0 Å². The molecule has 0 aromatic heterocycles. The summed E-state index contributed by atoms with van der Waals surface area (Å²) < 4.78 is 5.43. The van der Waals surface area contributed by atoms with Gasteiger partial charge in [0, 0.05) is 26.2 Å². The third-order valence-corrected chi connectivity index (χ3v) is 8.98. The van der Waals surface area contributed by atoms with Crippen LogP contribution in [0.3, 0.4) is 0 Å². The topological polar surface area (TPSA) is 73.8 Å². The number of carbonyl (C=O) groups is 1. The monoisotopic (exact) mass is 469 g/mol. The predicted octanol–water partition coefficient (Wildman–Crippen LogP) is 2.98. The number of benzene rings is 2. The van der Waals surface area contributed by atoms with Gasteiger partial charge in [-0.2, -0.15) is 0 Å². The molecule has 178 valence electrons. The lowest BCUT2D eigenvalue weighted by atomic mass is 9.91. The van der Waals surface area contributed by atoms with Gasteiger partial charge < -0.3 is 4.74 Å². The summed E-state index contributed by atoms with van der Waals surface area (Å²) in [6.07, 6.45) is 1.27. The molecule has 0 aliphatic carbocycles. The highest BCUT2D eigenvalue weighted by atomic mass is 32.2. The summed E-state index contributed by atoms with van der Waals surface area (Å²) in [5.74, 6) is 9.69. The Morgan fingerprint density at radius 3 is 2.06 bits per heavy atom. The molecule has 4 rings (SSSR count). The van der Waals surface area contributed by atoms with Gasteiger partial charge in [0.05, 0.1) is 13.2 Å². The van der Waals surface area contributed by atoms with E-state index in [4.69, 9.17) is 4.74 Å². The molecule has 2 saturated heterocycles. The van der Waals surface area contributed by atoms with E-state index in [0.717, 1.165) is 49.9 Å². The zero-order chi connectivity index (χ0) is 23.3. The van der Waals surface area contributed by atoms with Crippen LogP contribution in [-0.4, -0.2) is 71.1 Å². The minimum absolute atomic E-state index is 0.369. The fourth-order valence-electron chi connectivity index (χ4n) is 4.51. The van der Waals surface area contributed by atoms with Gasteiger partial charge in [-0.15, -0.1) is 0 Å². The number of carbonyl (C=O) groups excluding carboxylic acids is 1. The van der Waals surface area contributed by atoms with Gasteiger partial charge in [-0.05, 0) is 46.6 Å². The molecule has 3 N–H and O–H groups in total. The lowest BCUT2D eigenvalue weighted by Gasteiger charge is -2.39. The lowest BCUT2D eigenvalue weighted by molar-refractivity contribution is -0.136. The van der Waals surface area contributed by atoms with E-state index < -0.39 is 14.7 Å². The van der Waals surface area contributed by atoms with Crippen molar-refractivity contribution in [2.75, 3.05) is 37.8 Å². The summed E-state index contributed by atoms with van der Waals surface area (Å²) in [7, 11) is -1.14. The van der Waals surface area contributed by atoms with E-state index in [0.29, 0.717) is 19.4 Å². The maximum absolute atomic E-state index is 12.4. The molecule has 6 nitrogen and oxygen atoms in total. The average Bonchev–Trinajstić information content (AvgIpc) is 2.85. The van der Waals surface area contributed by atoms with Crippen molar-refractivity contribution in [3.05, 3.63) is 59.7 Å². The summed E-state index contributed by atoms with van der Waals surface area (Å²) >= 11 is 0. The number of hydrogen-bond donors (Lipinski definition) is 3. The van der Waals surface area contributed by atoms with E-state index in [9.17, 15) is 10.0 Å². The first kappa shape index (κ1) is 24.0. The Bertz CT molecular complexity index is 1030. The highest BCUT2D eigenvalue weighted by molar-refractivity contribution is 8.27. The highest BCUT2D eigenvalue weighted by Gasteiger charge is 2.40. The zero-order valence-corrected chi connectivity index (χ0v) is 20.0. The maximum atomic E-state index is 12.4. The molecule has 0 atom stereocenters. The SMILES string of the molecule is C=S1(=C)CCC(NCc2ccc(-c3ccc(CN4CCOCC4)cc3)cc2)(C(=O)NO)CC1. The predicted molar refractivity (Wildman–Crippen MR) is 138 cm³/mol. The Labute approximate surface area is 197 Å². The molecule has 2 aromatic carbocycles.